The lowest BCUT2D eigenvalue weighted by molar-refractivity contribution is 0.0149. The maximum atomic E-state index is 11.1. The van der Waals surface area contributed by atoms with Crippen molar-refractivity contribution in [3.8, 4) is 36.4 Å². The molecule has 0 aliphatic carbocycles. The molecule has 84 valence electrons. The zero-order valence-electron chi connectivity index (χ0n) is 8.41. The van der Waals surface area contributed by atoms with Crippen molar-refractivity contribution in [1.29, 1.82) is 31.6 Å². The quantitative estimate of drug-likeness (QED) is 0.588. The molecule has 0 atom stereocenters. The number of nitrogens with zero attached hydrogens (tertiary/aromatic N) is 6. The minimum Gasteiger partial charge on any atom is -0.384 e. The fourth-order valence-electron chi connectivity index (χ4n) is 0.558. The van der Waals surface area contributed by atoms with Gasteiger partial charge in [-0.1, -0.05) is 0 Å². The molecule has 0 radical (unpaired) electrons. The van der Waals surface area contributed by atoms with Gasteiger partial charge in [-0.25, -0.2) is 4.79 Å². The van der Waals surface area contributed by atoms with Crippen LogP contribution in [0.5, 0.6) is 0 Å². The summed E-state index contributed by atoms with van der Waals surface area (Å²) in [5, 5.41) is 50.8. The van der Waals surface area contributed by atoms with Crippen molar-refractivity contribution in [1.82, 2.24) is 0 Å². The van der Waals surface area contributed by atoms with Crippen LogP contribution in [0, 0.1) is 68.0 Å². The van der Waals surface area contributed by atoms with Crippen molar-refractivity contribution in [2.45, 2.75) is 11.2 Å². The van der Waals surface area contributed by atoms with Gasteiger partial charge >= 0.3 is 17.4 Å². The molecule has 0 bridgehead atoms. The third kappa shape index (κ3) is 2.62. The number of nitriles is 6. The standard InChI is InChI=1S/C9N6O3/c10-1-8(2-11,3-12)17-7(16)18-9(4-13,5-14)6-15. The van der Waals surface area contributed by atoms with Gasteiger partial charge in [-0.3, -0.25) is 0 Å². The molecule has 0 aliphatic rings. The van der Waals surface area contributed by atoms with Gasteiger partial charge in [-0.15, -0.1) is 0 Å². The van der Waals surface area contributed by atoms with Gasteiger partial charge in [0, 0.05) is 0 Å². The van der Waals surface area contributed by atoms with Crippen LogP contribution in [-0.4, -0.2) is 17.4 Å². The molecular weight excluding hydrogens is 240 g/mol. The number of hydrogen-bond donors (Lipinski definition) is 0. The first-order chi connectivity index (χ1) is 8.46. The maximum absolute atomic E-state index is 11.1. The van der Waals surface area contributed by atoms with Gasteiger partial charge < -0.3 is 9.47 Å². The Morgan fingerprint density at radius 1 is 0.667 bits per heavy atom. The highest BCUT2D eigenvalue weighted by molar-refractivity contribution is 5.65. The number of rotatable bonds is 2. The molecule has 0 aromatic carbocycles. The fraction of sp³-hybridized carbons (Fsp3) is 0.222. The summed E-state index contributed by atoms with van der Waals surface area (Å²) in [7, 11) is 0. The van der Waals surface area contributed by atoms with E-state index in [-0.39, 0.29) is 0 Å². The van der Waals surface area contributed by atoms with E-state index in [1.807, 2.05) is 0 Å². The van der Waals surface area contributed by atoms with E-state index in [1.54, 1.807) is 0 Å². The van der Waals surface area contributed by atoms with Crippen molar-refractivity contribution in [3.05, 3.63) is 0 Å². The Kier molecular flexibility index (Phi) is 4.21. The zero-order chi connectivity index (χ0) is 14.2. The molecule has 0 rings (SSSR count). The Hall–Kier alpha value is -3.79. The summed E-state index contributed by atoms with van der Waals surface area (Å²) in [5.74, 6) is 0. The highest BCUT2D eigenvalue weighted by Gasteiger charge is 2.41. The number of carbonyl (C=O) groups excluding carboxylic acids is 1. The first-order valence-corrected chi connectivity index (χ1v) is 3.86. The van der Waals surface area contributed by atoms with E-state index in [1.165, 1.54) is 0 Å². The van der Waals surface area contributed by atoms with Crippen LogP contribution in [0.3, 0.4) is 0 Å². The highest BCUT2D eigenvalue weighted by Crippen LogP contribution is 2.14. The molecule has 9 nitrogen and oxygen atoms in total. The van der Waals surface area contributed by atoms with Gasteiger partial charge in [-0.05, 0) is 0 Å². The van der Waals surface area contributed by atoms with Crippen LogP contribution in [0.25, 0.3) is 0 Å². The van der Waals surface area contributed by atoms with E-state index < -0.39 is 17.4 Å². The minimum atomic E-state index is -2.77. The molecule has 0 fully saturated rings. The summed E-state index contributed by atoms with van der Waals surface area (Å²) >= 11 is 0. The summed E-state index contributed by atoms with van der Waals surface area (Å²) in [6.07, 6.45) is -1.84. The van der Waals surface area contributed by atoms with E-state index in [0.29, 0.717) is 0 Å². The van der Waals surface area contributed by atoms with Crippen LogP contribution in [0.1, 0.15) is 0 Å². The second-order valence-corrected chi connectivity index (χ2v) is 2.49. The van der Waals surface area contributed by atoms with Crippen LogP contribution in [0.2, 0.25) is 0 Å². The molecule has 0 heterocycles. The monoisotopic (exact) mass is 240 g/mol. The highest BCUT2D eigenvalue weighted by atomic mass is 16.7. The molecule has 0 saturated carbocycles. The molecule has 0 aliphatic heterocycles. The Morgan fingerprint density at radius 3 is 1.06 bits per heavy atom. The fourth-order valence-corrected chi connectivity index (χ4v) is 0.558. The lowest BCUT2D eigenvalue weighted by Gasteiger charge is -2.14. The first kappa shape index (κ1) is 14.2. The predicted molar refractivity (Wildman–Crippen MR) is 46.7 cm³/mol. The van der Waals surface area contributed by atoms with Gasteiger partial charge in [0.25, 0.3) is 0 Å². The second-order valence-electron chi connectivity index (χ2n) is 2.49. The maximum Gasteiger partial charge on any atom is 0.514 e. The SMILES string of the molecule is N#CC(C#N)(C#N)OC(=O)OC(C#N)(C#N)C#N. The van der Waals surface area contributed by atoms with Gasteiger partial charge in [0.1, 0.15) is 36.4 Å². The van der Waals surface area contributed by atoms with Crippen molar-refractivity contribution < 1.29 is 14.3 Å². The van der Waals surface area contributed by atoms with Crippen molar-refractivity contribution in [3.63, 3.8) is 0 Å². The predicted octanol–water partition coefficient (Wildman–Crippen LogP) is -0.241. The topological polar surface area (TPSA) is 178 Å². The van der Waals surface area contributed by atoms with E-state index in [0.717, 1.165) is 36.4 Å². The van der Waals surface area contributed by atoms with Gasteiger partial charge in [-0.2, -0.15) is 31.6 Å². The Balaban J connectivity index is 5.11. The third-order valence-corrected chi connectivity index (χ3v) is 1.42. The third-order valence-electron chi connectivity index (χ3n) is 1.42. The van der Waals surface area contributed by atoms with Gasteiger partial charge in [0.15, 0.2) is 0 Å². The van der Waals surface area contributed by atoms with Crippen LogP contribution < -0.4 is 0 Å². The number of ether oxygens (including phenoxy) is 2. The summed E-state index contributed by atoms with van der Waals surface area (Å²) in [5.41, 5.74) is -5.55. The zero-order valence-corrected chi connectivity index (χ0v) is 8.41. The van der Waals surface area contributed by atoms with Crippen LogP contribution >= 0.6 is 0 Å². The van der Waals surface area contributed by atoms with Crippen LogP contribution in [-0.2, 0) is 9.47 Å². The molecule has 9 heteroatoms. The second kappa shape index (κ2) is 5.34. The molecule has 0 N–H and O–H groups in total. The average Bonchev–Trinajstić information content (AvgIpc) is 2.42. The van der Waals surface area contributed by atoms with E-state index in [4.69, 9.17) is 31.6 Å². The van der Waals surface area contributed by atoms with Crippen LogP contribution in [0.4, 0.5) is 4.79 Å². The molecule has 18 heavy (non-hydrogen) atoms. The Labute approximate surface area is 100 Å². The molecule has 0 unspecified atom stereocenters. The molecular formula is C9N6O3. The molecule has 0 spiro atoms. The van der Waals surface area contributed by atoms with Crippen molar-refractivity contribution in [2.75, 3.05) is 0 Å². The Bertz CT molecular complexity index is 486. The summed E-state index contributed by atoms with van der Waals surface area (Å²) in [4.78, 5) is 11.1. The normalized spacial score (nSPS) is 9.00. The number of hydrogen-bond acceptors (Lipinski definition) is 9. The van der Waals surface area contributed by atoms with Crippen LogP contribution in [0.15, 0.2) is 0 Å². The molecule has 0 saturated heterocycles. The Morgan fingerprint density at radius 2 is 0.889 bits per heavy atom. The largest absolute Gasteiger partial charge is 0.514 e. The van der Waals surface area contributed by atoms with Gasteiger partial charge in [0.05, 0.1) is 0 Å². The average molecular weight is 240 g/mol. The minimum absolute atomic E-state index is 1.09. The van der Waals surface area contributed by atoms with E-state index >= 15 is 0 Å². The molecule has 0 amide bonds. The molecule has 0 aromatic rings. The molecule has 0 aromatic heterocycles. The smallest absolute Gasteiger partial charge is 0.384 e. The summed E-state index contributed by atoms with van der Waals surface area (Å²) < 4.78 is 8.10. The summed E-state index contributed by atoms with van der Waals surface area (Å²) in [6.45, 7) is 0. The van der Waals surface area contributed by atoms with Gasteiger partial charge in [0.2, 0.25) is 0 Å². The van der Waals surface area contributed by atoms with E-state index in [9.17, 15) is 4.79 Å². The summed E-state index contributed by atoms with van der Waals surface area (Å²) in [6, 6.07) is 6.55. The lowest BCUT2D eigenvalue weighted by Crippen LogP contribution is -2.36. The number of carbonyl (C=O) groups is 1. The van der Waals surface area contributed by atoms with Crippen molar-refractivity contribution in [2.24, 2.45) is 0 Å². The lowest BCUT2D eigenvalue weighted by atomic mass is 10.1. The van der Waals surface area contributed by atoms with Crippen molar-refractivity contribution >= 4 is 6.16 Å². The van der Waals surface area contributed by atoms with E-state index in [2.05, 4.69) is 9.47 Å². The first-order valence-electron chi connectivity index (χ1n) is 3.86.